The van der Waals surface area contributed by atoms with E-state index in [1.165, 1.54) is 17.5 Å². The van der Waals surface area contributed by atoms with E-state index in [0.717, 1.165) is 11.5 Å². The highest BCUT2D eigenvalue weighted by Crippen LogP contribution is 2.12. The van der Waals surface area contributed by atoms with Gasteiger partial charge in [-0.05, 0) is 18.2 Å². The third kappa shape index (κ3) is 2.88. The second-order valence-electron chi connectivity index (χ2n) is 3.18. The molecule has 0 spiro atoms. The van der Waals surface area contributed by atoms with Crippen molar-refractivity contribution in [3.63, 3.8) is 0 Å². The van der Waals surface area contributed by atoms with Crippen LogP contribution in [0.3, 0.4) is 0 Å². The van der Waals surface area contributed by atoms with E-state index < -0.39 is 0 Å². The maximum Gasteiger partial charge on any atom is 0.0970 e. The van der Waals surface area contributed by atoms with Gasteiger partial charge in [0.15, 0.2) is 0 Å². The molecule has 0 unspecified atom stereocenters. The van der Waals surface area contributed by atoms with Crippen LogP contribution in [0, 0.1) is 0 Å². The SMILES string of the molecule is CCCc1ccc(C(=NC)SC)cc1. The minimum Gasteiger partial charge on any atom is -0.281 e. The largest absolute Gasteiger partial charge is 0.281 e. The molecule has 0 amide bonds. The molecule has 0 aliphatic carbocycles. The highest BCUT2D eigenvalue weighted by atomic mass is 32.2. The monoisotopic (exact) mass is 207 g/mol. The second kappa shape index (κ2) is 5.86. The molecule has 0 fully saturated rings. The standard InChI is InChI=1S/C12H17NS/c1-4-5-10-6-8-11(9-7-10)12(13-2)14-3/h6-9H,4-5H2,1-3H3. The first-order chi connectivity index (χ1) is 6.81. The number of aliphatic imine (C=N–C) groups is 1. The second-order valence-corrected chi connectivity index (χ2v) is 3.97. The van der Waals surface area contributed by atoms with Crippen LogP contribution in [0.5, 0.6) is 0 Å². The summed E-state index contributed by atoms with van der Waals surface area (Å²) >= 11 is 1.69. The van der Waals surface area contributed by atoms with Crippen molar-refractivity contribution in [1.82, 2.24) is 0 Å². The summed E-state index contributed by atoms with van der Waals surface area (Å²) in [5, 5.41) is 1.10. The highest BCUT2D eigenvalue weighted by molar-refractivity contribution is 8.13. The Bertz CT molecular complexity index is 301. The molecule has 0 N–H and O–H groups in total. The quantitative estimate of drug-likeness (QED) is 0.547. The van der Waals surface area contributed by atoms with Gasteiger partial charge in [-0.2, -0.15) is 0 Å². The molecule has 2 heteroatoms. The van der Waals surface area contributed by atoms with E-state index in [9.17, 15) is 0 Å². The predicted molar refractivity (Wildman–Crippen MR) is 66.4 cm³/mol. The van der Waals surface area contributed by atoms with Gasteiger partial charge in [0.1, 0.15) is 0 Å². The molecule has 0 saturated heterocycles. The number of hydrogen-bond donors (Lipinski definition) is 0. The van der Waals surface area contributed by atoms with Gasteiger partial charge in [-0.3, -0.25) is 4.99 Å². The zero-order valence-electron chi connectivity index (χ0n) is 9.08. The van der Waals surface area contributed by atoms with Crippen molar-refractivity contribution in [2.45, 2.75) is 19.8 Å². The van der Waals surface area contributed by atoms with Gasteiger partial charge in [-0.25, -0.2) is 0 Å². The predicted octanol–water partition coefficient (Wildman–Crippen LogP) is 3.38. The first kappa shape index (κ1) is 11.3. The molecule has 1 aromatic rings. The molecule has 1 rings (SSSR count). The van der Waals surface area contributed by atoms with Gasteiger partial charge in [0, 0.05) is 12.6 Å². The molecular formula is C12H17NS. The number of aryl methyl sites for hydroxylation is 1. The van der Waals surface area contributed by atoms with Crippen LogP contribution >= 0.6 is 11.8 Å². The first-order valence-electron chi connectivity index (χ1n) is 4.92. The Morgan fingerprint density at radius 3 is 2.36 bits per heavy atom. The maximum absolute atomic E-state index is 4.23. The van der Waals surface area contributed by atoms with Crippen LogP contribution in [0.25, 0.3) is 0 Å². The average Bonchev–Trinajstić information content (AvgIpc) is 2.23. The van der Waals surface area contributed by atoms with Crippen LogP contribution in [0.2, 0.25) is 0 Å². The van der Waals surface area contributed by atoms with Crippen LogP contribution in [0.4, 0.5) is 0 Å². The van der Waals surface area contributed by atoms with Crippen LogP contribution in [-0.4, -0.2) is 18.3 Å². The van der Waals surface area contributed by atoms with E-state index >= 15 is 0 Å². The van der Waals surface area contributed by atoms with Crippen molar-refractivity contribution < 1.29 is 0 Å². The average molecular weight is 207 g/mol. The molecular weight excluding hydrogens is 190 g/mol. The van der Waals surface area contributed by atoms with E-state index in [4.69, 9.17) is 0 Å². The van der Waals surface area contributed by atoms with E-state index in [0.29, 0.717) is 0 Å². The van der Waals surface area contributed by atoms with Crippen molar-refractivity contribution in [3.8, 4) is 0 Å². The lowest BCUT2D eigenvalue weighted by Gasteiger charge is -2.03. The van der Waals surface area contributed by atoms with Crippen LogP contribution < -0.4 is 0 Å². The molecule has 0 heterocycles. The zero-order valence-corrected chi connectivity index (χ0v) is 9.90. The molecule has 0 aliphatic rings. The third-order valence-corrected chi connectivity index (χ3v) is 2.94. The maximum atomic E-state index is 4.23. The molecule has 14 heavy (non-hydrogen) atoms. The zero-order chi connectivity index (χ0) is 10.4. The highest BCUT2D eigenvalue weighted by Gasteiger charge is 2.00. The molecule has 0 bridgehead atoms. The molecule has 0 atom stereocenters. The summed E-state index contributed by atoms with van der Waals surface area (Å²) in [6.45, 7) is 2.20. The first-order valence-corrected chi connectivity index (χ1v) is 6.14. The fourth-order valence-corrected chi connectivity index (χ4v) is 2.00. The molecule has 0 radical (unpaired) electrons. The van der Waals surface area contributed by atoms with Crippen LogP contribution in [0.1, 0.15) is 24.5 Å². The number of nitrogens with zero attached hydrogens (tertiary/aromatic N) is 1. The molecule has 1 nitrogen and oxygen atoms in total. The number of benzene rings is 1. The van der Waals surface area contributed by atoms with E-state index in [-0.39, 0.29) is 0 Å². The van der Waals surface area contributed by atoms with Gasteiger partial charge in [0.2, 0.25) is 0 Å². The van der Waals surface area contributed by atoms with Gasteiger partial charge in [0.05, 0.1) is 5.04 Å². The van der Waals surface area contributed by atoms with Crippen LogP contribution in [-0.2, 0) is 6.42 Å². The van der Waals surface area contributed by atoms with Gasteiger partial charge in [-0.1, -0.05) is 37.6 Å². The summed E-state index contributed by atoms with van der Waals surface area (Å²) in [5.41, 5.74) is 2.63. The lowest BCUT2D eigenvalue weighted by atomic mass is 10.1. The van der Waals surface area contributed by atoms with Crippen molar-refractivity contribution in [2.75, 3.05) is 13.3 Å². The Morgan fingerprint density at radius 1 is 1.29 bits per heavy atom. The Hall–Kier alpha value is -0.760. The van der Waals surface area contributed by atoms with Crippen molar-refractivity contribution in [3.05, 3.63) is 35.4 Å². The Labute approximate surface area is 90.6 Å². The number of rotatable bonds is 3. The van der Waals surface area contributed by atoms with Gasteiger partial charge in [0.25, 0.3) is 0 Å². The van der Waals surface area contributed by atoms with Gasteiger partial charge < -0.3 is 0 Å². The molecule has 0 aromatic heterocycles. The lowest BCUT2D eigenvalue weighted by Crippen LogP contribution is -1.94. The number of hydrogen-bond acceptors (Lipinski definition) is 2. The van der Waals surface area contributed by atoms with E-state index in [2.05, 4.69) is 42.4 Å². The number of thioether (sulfide) groups is 1. The van der Waals surface area contributed by atoms with Crippen LogP contribution in [0.15, 0.2) is 29.3 Å². The smallest absolute Gasteiger partial charge is 0.0970 e. The molecule has 0 saturated carbocycles. The van der Waals surface area contributed by atoms with Crippen molar-refractivity contribution in [1.29, 1.82) is 0 Å². The summed E-state index contributed by atoms with van der Waals surface area (Å²) in [6.07, 6.45) is 4.43. The summed E-state index contributed by atoms with van der Waals surface area (Å²) in [7, 11) is 1.84. The normalized spacial score (nSPS) is 11.8. The Kier molecular flexibility index (Phi) is 4.74. The lowest BCUT2D eigenvalue weighted by molar-refractivity contribution is 0.922. The van der Waals surface area contributed by atoms with Crippen molar-refractivity contribution in [2.24, 2.45) is 4.99 Å². The topological polar surface area (TPSA) is 12.4 Å². The van der Waals surface area contributed by atoms with E-state index in [1.807, 2.05) is 7.05 Å². The summed E-state index contributed by atoms with van der Waals surface area (Å²) < 4.78 is 0. The summed E-state index contributed by atoms with van der Waals surface area (Å²) in [5.74, 6) is 0. The summed E-state index contributed by atoms with van der Waals surface area (Å²) in [4.78, 5) is 4.23. The molecule has 1 aromatic carbocycles. The fraction of sp³-hybridized carbons (Fsp3) is 0.417. The van der Waals surface area contributed by atoms with E-state index in [1.54, 1.807) is 11.8 Å². The third-order valence-electron chi connectivity index (χ3n) is 2.14. The minimum absolute atomic E-state index is 1.10. The Morgan fingerprint density at radius 2 is 1.93 bits per heavy atom. The van der Waals surface area contributed by atoms with Gasteiger partial charge >= 0.3 is 0 Å². The minimum atomic E-state index is 1.10. The molecule has 76 valence electrons. The fourth-order valence-electron chi connectivity index (χ4n) is 1.44. The molecule has 0 aliphatic heterocycles. The summed E-state index contributed by atoms with van der Waals surface area (Å²) in [6, 6.07) is 8.70. The van der Waals surface area contributed by atoms with Crippen molar-refractivity contribution >= 4 is 16.8 Å². The Balaban J connectivity index is 2.82. The van der Waals surface area contributed by atoms with Gasteiger partial charge in [-0.15, -0.1) is 11.8 Å².